The van der Waals surface area contributed by atoms with Crippen LogP contribution in [0.2, 0.25) is 0 Å². The molecule has 10 nitrogen and oxygen atoms in total. The number of aromatic nitrogens is 3. The number of carbonyl (C=O) groups excluding carboxylic acids is 3. The van der Waals surface area contributed by atoms with E-state index in [4.69, 9.17) is 10.5 Å². The van der Waals surface area contributed by atoms with Crippen molar-refractivity contribution in [1.29, 1.82) is 0 Å². The van der Waals surface area contributed by atoms with Crippen molar-refractivity contribution in [2.24, 2.45) is 5.73 Å². The van der Waals surface area contributed by atoms with Crippen LogP contribution < -0.4 is 16.0 Å². The summed E-state index contributed by atoms with van der Waals surface area (Å²) in [6, 6.07) is 4.04. The maximum Gasteiger partial charge on any atom is 0.414 e. The van der Waals surface area contributed by atoms with Gasteiger partial charge in [-0.15, -0.1) is 5.10 Å². The predicted octanol–water partition coefficient (Wildman–Crippen LogP) is -0.0334. The fourth-order valence-corrected chi connectivity index (χ4v) is 2.44. The number of rotatable bonds is 5. The highest BCUT2D eigenvalue weighted by atomic mass is 19.1. The third kappa shape index (κ3) is 3.45. The largest absolute Gasteiger partial charge is 0.442 e. The molecule has 1 aromatic heterocycles. The Morgan fingerprint density at radius 1 is 1.46 bits per heavy atom. The summed E-state index contributed by atoms with van der Waals surface area (Å²) in [5.41, 5.74) is 5.32. The SMILES string of the molecule is CC(=O)NC[C@H]1CN(c2ccc(-n3cc(C(N)=O)nn3)c(F)c2)C(=O)O1. The number of cyclic esters (lactones) is 1. The fourth-order valence-electron chi connectivity index (χ4n) is 2.44. The summed E-state index contributed by atoms with van der Waals surface area (Å²) in [6.45, 7) is 1.70. The molecule has 1 atom stereocenters. The molecule has 2 aromatic rings. The molecule has 0 unspecified atom stereocenters. The van der Waals surface area contributed by atoms with Crippen molar-refractivity contribution in [2.75, 3.05) is 18.0 Å². The topological polar surface area (TPSA) is 132 Å². The average Bonchev–Trinajstić information content (AvgIpc) is 3.20. The van der Waals surface area contributed by atoms with Crippen molar-refractivity contribution in [3.8, 4) is 5.69 Å². The molecule has 3 amide bonds. The summed E-state index contributed by atoms with van der Waals surface area (Å²) in [7, 11) is 0. The number of nitrogens with two attached hydrogens (primary N) is 1. The van der Waals surface area contributed by atoms with E-state index < -0.39 is 23.9 Å². The lowest BCUT2D eigenvalue weighted by Crippen LogP contribution is -2.33. The summed E-state index contributed by atoms with van der Waals surface area (Å²) in [4.78, 5) is 35.2. The fraction of sp³-hybridized carbons (Fsp3) is 0.267. The van der Waals surface area contributed by atoms with Gasteiger partial charge in [-0.3, -0.25) is 14.5 Å². The van der Waals surface area contributed by atoms with Crippen molar-refractivity contribution in [2.45, 2.75) is 13.0 Å². The van der Waals surface area contributed by atoms with Gasteiger partial charge in [0.15, 0.2) is 11.5 Å². The van der Waals surface area contributed by atoms with Gasteiger partial charge in [0.2, 0.25) is 5.91 Å². The Balaban J connectivity index is 1.77. The van der Waals surface area contributed by atoms with Crippen molar-refractivity contribution in [3.63, 3.8) is 0 Å². The van der Waals surface area contributed by atoms with Gasteiger partial charge in [0.1, 0.15) is 11.8 Å². The number of benzene rings is 1. The van der Waals surface area contributed by atoms with Gasteiger partial charge in [-0.05, 0) is 18.2 Å². The number of anilines is 1. The van der Waals surface area contributed by atoms with Crippen LogP contribution in [0.1, 0.15) is 17.4 Å². The molecule has 1 aliphatic rings. The van der Waals surface area contributed by atoms with Crippen LogP contribution >= 0.6 is 0 Å². The van der Waals surface area contributed by atoms with Crippen LogP contribution in [0.3, 0.4) is 0 Å². The van der Waals surface area contributed by atoms with Crippen LogP contribution in [0.5, 0.6) is 0 Å². The van der Waals surface area contributed by atoms with E-state index >= 15 is 0 Å². The van der Waals surface area contributed by atoms with E-state index in [1.165, 1.54) is 30.2 Å². The quantitative estimate of drug-likeness (QED) is 0.767. The van der Waals surface area contributed by atoms with Crippen LogP contribution in [0.15, 0.2) is 24.4 Å². The van der Waals surface area contributed by atoms with Gasteiger partial charge in [-0.2, -0.15) is 0 Å². The maximum atomic E-state index is 14.4. The third-order valence-corrected chi connectivity index (χ3v) is 3.69. The molecule has 26 heavy (non-hydrogen) atoms. The minimum absolute atomic E-state index is 0.0381. The molecule has 0 radical (unpaired) electrons. The molecule has 136 valence electrons. The smallest absolute Gasteiger partial charge is 0.414 e. The van der Waals surface area contributed by atoms with Crippen molar-refractivity contribution >= 4 is 23.6 Å². The van der Waals surface area contributed by atoms with E-state index in [0.717, 1.165) is 10.7 Å². The number of hydrogen-bond donors (Lipinski definition) is 2. The molecule has 1 fully saturated rings. The van der Waals surface area contributed by atoms with E-state index in [1.54, 1.807) is 0 Å². The van der Waals surface area contributed by atoms with E-state index in [1.807, 2.05) is 0 Å². The highest BCUT2D eigenvalue weighted by molar-refractivity contribution is 5.91. The average molecular weight is 362 g/mol. The first-order chi connectivity index (χ1) is 12.3. The molecule has 2 heterocycles. The van der Waals surface area contributed by atoms with Crippen molar-refractivity contribution in [3.05, 3.63) is 35.9 Å². The molecular weight excluding hydrogens is 347 g/mol. The second-order valence-corrected chi connectivity index (χ2v) is 5.60. The highest BCUT2D eigenvalue weighted by Gasteiger charge is 2.32. The summed E-state index contributed by atoms with van der Waals surface area (Å²) < 4.78 is 20.6. The van der Waals surface area contributed by atoms with Gasteiger partial charge in [-0.1, -0.05) is 5.21 Å². The molecule has 3 rings (SSSR count). The summed E-state index contributed by atoms with van der Waals surface area (Å²) in [6.07, 6.45) is 0.0421. The number of amides is 3. The summed E-state index contributed by atoms with van der Waals surface area (Å²) in [5.74, 6) is -1.70. The second-order valence-electron chi connectivity index (χ2n) is 5.60. The monoisotopic (exact) mass is 362 g/mol. The lowest BCUT2D eigenvalue weighted by Gasteiger charge is -2.14. The van der Waals surface area contributed by atoms with E-state index in [0.29, 0.717) is 0 Å². The Morgan fingerprint density at radius 2 is 2.23 bits per heavy atom. The normalized spacial score (nSPS) is 16.5. The van der Waals surface area contributed by atoms with Gasteiger partial charge in [-0.25, -0.2) is 13.9 Å². The number of nitrogens with zero attached hydrogens (tertiary/aromatic N) is 4. The highest BCUT2D eigenvalue weighted by Crippen LogP contribution is 2.25. The van der Waals surface area contributed by atoms with E-state index in [2.05, 4.69) is 15.6 Å². The number of halogens is 1. The lowest BCUT2D eigenvalue weighted by molar-refractivity contribution is -0.119. The Morgan fingerprint density at radius 3 is 2.85 bits per heavy atom. The maximum absolute atomic E-state index is 14.4. The van der Waals surface area contributed by atoms with Gasteiger partial charge in [0, 0.05) is 6.92 Å². The summed E-state index contributed by atoms with van der Waals surface area (Å²) >= 11 is 0. The molecule has 0 bridgehead atoms. The first kappa shape index (κ1) is 17.3. The van der Waals surface area contributed by atoms with Gasteiger partial charge in [0.25, 0.3) is 5.91 Å². The molecule has 1 saturated heterocycles. The van der Waals surface area contributed by atoms with Gasteiger partial charge in [0.05, 0.1) is 25.0 Å². The van der Waals surface area contributed by atoms with Crippen LogP contribution in [0.25, 0.3) is 5.69 Å². The first-order valence-corrected chi connectivity index (χ1v) is 7.60. The molecule has 3 N–H and O–H groups in total. The van der Waals surface area contributed by atoms with E-state index in [-0.39, 0.29) is 36.1 Å². The number of primary amides is 1. The van der Waals surface area contributed by atoms with Crippen LogP contribution in [-0.4, -0.2) is 52.1 Å². The van der Waals surface area contributed by atoms with Gasteiger partial charge >= 0.3 is 6.09 Å². The van der Waals surface area contributed by atoms with Crippen molar-refractivity contribution in [1.82, 2.24) is 20.3 Å². The van der Waals surface area contributed by atoms with Crippen LogP contribution in [0.4, 0.5) is 14.9 Å². The third-order valence-electron chi connectivity index (χ3n) is 3.69. The predicted molar refractivity (Wildman–Crippen MR) is 86.1 cm³/mol. The zero-order valence-corrected chi connectivity index (χ0v) is 13.7. The molecule has 1 aliphatic heterocycles. The van der Waals surface area contributed by atoms with Crippen molar-refractivity contribution < 1.29 is 23.5 Å². The minimum atomic E-state index is -0.779. The number of hydrogen-bond acceptors (Lipinski definition) is 6. The Labute approximate surface area is 146 Å². The number of carbonyl (C=O) groups is 3. The number of ether oxygens (including phenoxy) is 1. The summed E-state index contributed by atoms with van der Waals surface area (Å²) in [5, 5.41) is 9.75. The first-order valence-electron chi connectivity index (χ1n) is 7.60. The van der Waals surface area contributed by atoms with Gasteiger partial charge < -0.3 is 15.8 Å². The molecule has 0 aliphatic carbocycles. The van der Waals surface area contributed by atoms with Crippen LogP contribution in [0, 0.1) is 5.82 Å². The molecule has 11 heteroatoms. The zero-order valence-electron chi connectivity index (χ0n) is 13.7. The Hall–Kier alpha value is -3.50. The minimum Gasteiger partial charge on any atom is -0.442 e. The molecule has 1 aromatic carbocycles. The lowest BCUT2D eigenvalue weighted by atomic mass is 10.2. The zero-order chi connectivity index (χ0) is 18.8. The molecule has 0 spiro atoms. The van der Waals surface area contributed by atoms with Crippen LogP contribution in [-0.2, 0) is 9.53 Å². The molecule has 0 saturated carbocycles. The van der Waals surface area contributed by atoms with E-state index in [9.17, 15) is 18.8 Å². The Bertz CT molecular complexity index is 883. The number of nitrogens with one attached hydrogen (secondary N) is 1. The second kappa shape index (κ2) is 6.78. The standard InChI is InChI=1S/C15H15FN6O4/c1-8(23)18-5-10-6-21(15(25)26-10)9-2-3-13(11(16)4-9)22-7-12(14(17)24)19-20-22/h2-4,7,10H,5-6H2,1H3,(H2,17,24)(H,18,23)/t10-/m0/s1. The Kier molecular flexibility index (Phi) is 4.52. The molecular formula is C15H15FN6O4.